The maximum Gasteiger partial charge on any atom is 0.263 e. The predicted molar refractivity (Wildman–Crippen MR) is 89.0 cm³/mol. The van der Waals surface area contributed by atoms with Gasteiger partial charge in [0.05, 0.1) is 30.3 Å². The second-order valence-electron chi connectivity index (χ2n) is 5.59. The molecule has 2 amide bonds. The van der Waals surface area contributed by atoms with E-state index >= 15 is 0 Å². The lowest BCUT2D eigenvalue weighted by Gasteiger charge is -2.13. The summed E-state index contributed by atoms with van der Waals surface area (Å²) < 4.78 is 6.73. The third kappa shape index (κ3) is 2.55. The Bertz CT molecular complexity index is 927. The number of aromatic nitrogens is 3. The predicted octanol–water partition coefficient (Wildman–Crippen LogP) is 2.21. The summed E-state index contributed by atoms with van der Waals surface area (Å²) in [5.41, 5.74) is 2.40. The summed E-state index contributed by atoms with van der Waals surface area (Å²) in [4.78, 5) is 34.5. The van der Waals surface area contributed by atoms with Crippen molar-refractivity contribution in [1.29, 1.82) is 0 Å². The number of imidazole rings is 1. The molecule has 1 aromatic carbocycles. The Hall–Kier alpha value is -3.48. The third-order valence-corrected chi connectivity index (χ3v) is 4.06. The first-order chi connectivity index (χ1) is 12.2. The van der Waals surface area contributed by atoms with Crippen molar-refractivity contribution in [2.75, 3.05) is 7.11 Å². The van der Waals surface area contributed by atoms with E-state index < -0.39 is 0 Å². The molecule has 25 heavy (non-hydrogen) atoms. The number of benzene rings is 1. The number of rotatable bonds is 4. The van der Waals surface area contributed by atoms with E-state index in [-0.39, 0.29) is 18.5 Å². The Morgan fingerprint density at radius 3 is 2.32 bits per heavy atom. The fourth-order valence-corrected chi connectivity index (χ4v) is 2.77. The molecule has 0 unspecified atom stereocenters. The molecule has 4 rings (SSSR count). The van der Waals surface area contributed by atoms with Gasteiger partial charge in [-0.1, -0.05) is 12.1 Å². The first-order valence-corrected chi connectivity index (χ1v) is 7.65. The number of methoxy groups -OCH3 is 1. The molecule has 0 bridgehead atoms. The van der Waals surface area contributed by atoms with Crippen LogP contribution in [0, 0.1) is 0 Å². The SMILES string of the molecule is COc1ccc(-c2cn(CN3C(=O)c4ccccc4C3=O)cn2)cn1. The number of pyridine rings is 1. The molecule has 2 aromatic heterocycles. The Balaban J connectivity index is 1.56. The number of ether oxygens (including phenoxy) is 1. The zero-order valence-corrected chi connectivity index (χ0v) is 13.4. The Labute approximate surface area is 143 Å². The number of fused-ring (bicyclic) bond motifs is 1. The lowest BCUT2D eigenvalue weighted by molar-refractivity contribution is 0.0606. The van der Waals surface area contributed by atoms with Gasteiger partial charge in [-0.15, -0.1) is 0 Å². The zero-order valence-electron chi connectivity index (χ0n) is 13.4. The molecule has 0 saturated carbocycles. The molecule has 3 heterocycles. The van der Waals surface area contributed by atoms with Crippen LogP contribution in [-0.4, -0.2) is 38.4 Å². The van der Waals surface area contributed by atoms with Crippen LogP contribution in [-0.2, 0) is 6.67 Å². The Morgan fingerprint density at radius 1 is 1.00 bits per heavy atom. The summed E-state index contributed by atoms with van der Waals surface area (Å²) in [5, 5.41) is 0. The fourth-order valence-electron chi connectivity index (χ4n) is 2.77. The normalized spacial score (nSPS) is 13.2. The highest BCUT2D eigenvalue weighted by molar-refractivity contribution is 6.21. The van der Waals surface area contributed by atoms with Gasteiger partial charge in [-0.3, -0.25) is 14.5 Å². The van der Waals surface area contributed by atoms with Crippen LogP contribution < -0.4 is 4.74 Å². The summed E-state index contributed by atoms with van der Waals surface area (Å²) in [7, 11) is 1.55. The number of carbonyl (C=O) groups excluding carboxylic acids is 2. The summed E-state index contributed by atoms with van der Waals surface area (Å²) >= 11 is 0. The third-order valence-electron chi connectivity index (χ3n) is 4.06. The van der Waals surface area contributed by atoms with Crippen LogP contribution in [0.1, 0.15) is 20.7 Å². The molecule has 1 aliphatic heterocycles. The van der Waals surface area contributed by atoms with Crippen LogP contribution in [0.2, 0.25) is 0 Å². The number of hydrogen-bond acceptors (Lipinski definition) is 5. The van der Waals surface area contributed by atoms with Crippen LogP contribution in [0.15, 0.2) is 55.1 Å². The molecule has 0 saturated heterocycles. The second-order valence-corrected chi connectivity index (χ2v) is 5.59. The van der Waals surface area contributed by atoms with Gasteiger partial charge >= 0.3 is 0 Å². The molecular weight excluding hydrogens is 320 g/mol. The maximum atomic E-state index is 12.4. The quantitative estimate of drug-likeness (QED) is 0.684. The molecular formula is C18H14N4O3. The van der Waals surface area contributed by atoms with Crippen molar-refractivity contribution in [3.63, 3.8) is 0 Å². The Morgan fingerprint density at radius 2 is 1.72 bits per heavy atom. The molecule has 0 atom stereocenters. The van der Waals surface area contributed by atoms with Crippen LogP contribution in [0.5, 0.6) is 5.88 Å². The van der Waals surface area contributed by atoms with Crippen LogP contribution in [0.4, 0.5) is 0 Å². The van der Waals surface area contributed by atoms with Crippen molar-refractivity contribution in [3.8, 4) is 17.1 Å². The first kappa shape index (κ1) is 15.1. The molecule has 0 spiro atoms. The average molecular weight is 334 g/mol. The van der Waals surface area contributed by atoms with E-state index in [0.29, 0.717) is 22.7 Å². The van der Waals surface area contributed by atoms with E-state index in [4.69, 9.17) is 4.74 Å². The summed E-state index contributed by atoms with van der Waals surface area (Å²) in [6.45, 7) is 0.114. The number of carbonyl (C=O) groups is 2. The minimum Gasteiger partial charge on any atom is -0.481 e. The molecule has 0 N–H and O–H groups in total. The minimum atomic E-state index is -0.290. The lowest BCUT2D eigenvalue weighted by atomic mass is 10.1. The minimum absolute atomic E-state index is 0.114. The summed E-state index contributed by atoms with van der Waals surface area (Å²) in [5.74, 6) is -0.0573. The van der Waals surface area contributed by atoms with Gasteiger partial charge in [-0.05, 0) is 18.2 Å². The molecule has 124 valence electrons. The van der Waals surface area contributed by atoms with Gasteiger partial charge in [0, 0.05) is 24.0 Å². The zero-order chi connectivity index (χ0) is 17.4. The van der Waals surface area contributed by atoms with E-state index in [1.54, 1.807) is 60.7 Å². The number of nitrogens with zero attached hydrogens (tertiary/aromatic N) is 4. The highest BCUT2D eigenvalue weighted by atomic mass is 16.5. The molecule has 0 fully saturated rings. The Kier molecular flexibility index (Phi) is 3.53. The van der Waals surface area contributed by atoms with Gasteiger partial charge in [-0.2, -0.15) is 0 Å². The highest BCUT2D eigenvalue weighted by Crippen LogP contribution is 2.24. The average Bonchev–Trinajstić information content (AvgIpc) is 3.22. The van der Waals surface area contributed by atoms with Crippen molar-refractivity contribution in [2.45, 2.75) is 6.67 Å². The van der Waals surface area contributed by atoms with E-state index in [9.17, 15) is 9.59 Å². The molecule has 7 nitrogen and oxygen atoms in total. The largest absolute Gasteiger partial charge is 0.481 e. The van der Waals surface area contributed by atoms with E-state index in [0.717, 1.165) is 5.56 Å². The van der Waals surface area contributed by atoms with Crippen molar-refractivity contribution >= 4 is 11.8 Å². The molecule has 3 aromatic rings. The van der Waals surface area contributed by atoms with Crippen LogP contribution >= 0.6 is 0 Å². The standard InChI is InChI=1S/C18H14N4O3/c1-25-16-7-6-12(8-19-16)15-9-21(10-20-15)11-22-17(23)13-4-2-3-5-14(13)18(22)24/h2-10H,11H2,1H3. The molecule has 0 aliphatic carbocycles. The number of imide groups is 1. The molecule has 7 heteroatoms. The second kappa shape index (κ2) is 5.86. The smallest absolute Gasteiger partial charge is 0.263 e. The lowest BCUT2D eigenvalue weighted by Crippen LogP contribution is -2.31. The van der Waals surface area contributed by atoms with Gasteiger partial charge in [0.15, 0.2) is 0 Å². The van der Waals surface area contributed by atoms with E-state index in [1.807, 2.05) is 6.07 Å². The van der Waals surface area contributed by atoms with E-state index in [2.05, 4.69) is 9.97 Å². The van der Waals surface area contributed by atoms with Crippen LogP contribution in [0.25, 0.3) is 11.3 Å². The molecule has 1 aliphatic rings. The molecule has 0 radical (unpaired) electrons. The highest BCUT2D eigenvalue weighted by Gasteiger charge is 2.35. The number of hydrogen-bond donors (Lipinski definition) is 0. The fraction of sp³-hybridized carbons (Fsp3) is 0.111. The van der Waals surface area contributed by atoms with Crippen molar-refractivity contribution in [1.82, 2.24) is 19.4 Å². The topological polar surface area (TPSA) is 77.3 Å². The van der Waals surface area contributed by atoms with Gasteiger partial charge in [0.1, 0.15) is 6.67 Å². The van der Waals surface area contributed by atoms with Crippen molar-refractivity contribution in [2.24, 2.45) is 0 Å². The van der Waals surface area contributed by atoms with Crippen molar-refractivity contribution in [3.05, 3.63) is 66.2 Å². The first-order valence-electron chi connectivity index (χ1n) is 7.65. The van der Waals surface area contributed by atoms with Gasteiger partial charge < -0.3 is 9.30 Å². The summed E-state index contributed by atoms with van der Waals surface area (Å²) in [6, 6.07) is 10.4. The van der Waals surface area contributed by atoms with Gasteiger partial charge in [-0.25, -0.2) is 9.97 Å². The monoisotopic (exact) mass is 334 g/mol. The van der Waals surface area contributed by atoms with Gasteiger partial charge in [0.25, 0.3) is 11.8 Å². The van der Waals surface area contributed by atoms with Crippen molar-refractivity contribution < 1.29 is 14.3 Å². The van der Waals surface area contributed by atoms with E-state index in [1.165, 1.54) is 4.90 Å². The van der Waals surface area contributed by atoms with Gasteiger partial charge in [0.2, 0.25) is 5.88 Å². The summed E-state index contributed by atoms with van der Waals surface area (Å²) in [6.07, 6.45) is 5.02. The maximum absolute atomic E-state index is 12.4. The number of amides is 2. The van der Waals surface area contributed by atoms with Crippen LogP contribution in [0.3, 0.4) is 0 Å².